The number of rotatable bonds is 3. The molecule has 1 aliphatic rings. The second-order valence-electron chi connectivity index (χ2n) is 3.09. The number of halogens is 1. The third-order valence-corrected chi connectivity index (χ3v) is 2.26. The van der Waals surface area contributed by atoms with Gasteiger partial charge in [0, 0.05) is 0 Å². The van der Waals surface area contributed by atoms with E-state index in [0.29, 0.717) is 0 Å². The average Bonchev–Trinajstić information content (AvgIpc) is 2.03. The SMILES string of the molecule is CNCCC1CCNCC1.Cl. The number of piperidine rings is 1. The van der Waals surface area contributed by atoms with E-state index in [-0.39, 0.29) is 12.4 Å². The molecule has 0 spiro atoms. The van der Waals surface area contributed by atoms with Crippen molar-refractivity contribution in [3.05, 3.63) is 0 Å². The number of hydrogen-bond acceptors (Lipinski definition) is 2. The van der Waals surface area contributed by atoms with Gasteiger partial charge in [0.25, 0.3) is 0 Å². The summed E-state index contributed by atoms with van der Waals surface area (Å²) in [5.74, 6) is 0.980. The first-order chi connectivity index (χ1) is 4.93. The van der Waals surface area contributed by atoms with E-state index in [1.54, 1.807) is 0 Å². The van der Waals surface area contributed by atoms with Crippen LogP contribution in [-0.2, 0) is 0 Å². The minimum atomic E-state index is 0. The van der Waals surface area contributed by atoms with Gasteiger partial charge in [0.2, 0.25) is 0 Å². The largest absolute Gasteiger partial charge is 0.320 e. The molecule has 1 rings (SSSR count). The lowest BCUT2D eigenvalue weighted by Crippen LogP contribution is -2.29. The summed E-state index contributed by atoms with van der Waals surface area (Å²) in [5, 5.41) is 6.57. The highest BCUT2D eigenvalue weighted by atomic mass is 35.5. The standard InChI is InChI=1S/C8H18N2.ClH/c1-9-5-2-8-3-6-10-7-4-8;/h8-10H,2-7H2,1H3;1H. The highest BCUT2D eigenvalue weighted by Gasteiger charge is 2.11. The van der Waals surface area contributed by atoms with Crippen LogP contribution in [0.25, 0.3) is 0 Å². The summed E-state index contributed by atoms with van der Waals surface area (Å²) in [6, 6.07) is 0. The molecule has 0 aromatic heterocycles. The van der Waals surface area contributed by atoms with E-state index < -0.39 is 0 Å². The van der Waals surface area contributed by atoms with E-state index in [2.05, 4.69) is 10.6 Å². The van der Waals surface area contributed by atoms with E-state index in [9.17, 15) is 0 Å². The van der Waals surface area contributed by atoms with Crippen molar-refractivity contribution >= 4 is 12.4 Å². The fourth-order valence-corrected chi connectivity index (χ4v) is 1.52. The molecule has 2 nitrogen and oxygen atoms in total. The van der Waals surface area contributed by atoms with Crippen molar-refractivity contribution in [3.63, 3.8) is 0 Å². The van der Waals surface area contributed by atoms with Gasteiger partial charge in [0.1, 0.15) is 0 Å². The average molecular weight is 179 g/mol. The van der Waals surface area contributed by atoms with Gasteiger partial charge in [-0.25, -0.2) is 0 Å². The van der Waals surface area contributed by atoms with Gasteiger partial charge in [-0.05, 0) is 51.9 Å². The zero-order valence-electron chi connectivity index (χ0n) is 7.23. The molecule has 0 aromatic rings. The fraction of sp³-hybridized carbons (Fsp3) is 1.00. The van der Waals surface area contributed by atoms with Crippen LogP contribution in [0.2, 0.25) is 0 Å². The number of hydrogen-bond donors (Lipinski definition) is 2. The van der Waals surface area contributed by atoms with Crippen molar-refractivity contribution in [3.8, 4) is 0 Å². The van der Waals surface area contributed by atoms with Crippen LogP contribution in [0.4, 0.5) is 0 Å². The zero-order valence-corrected chi connectivity index (χ0v) is 8.04. The lowest BCUT2D eigenvalue weighted by atomic mass is 9.95. The molecule has 68 valence electrons. The predicted molar refractivity (Wildman–Crippen MR) is 51.4 cm³/mol. The Balaban J connectivity index is 0.000001000. The van der Waals surface area contributed by atoms with Gasteiger partial charge >= 0.3 is 0 Å². The molecular formula is C8H19ClN2. The van der Waals surface area contributed by atoms with E-state index in [0.717, 1.165) is 5.92 Å². The van der Waals surface area contributed by atoms with E-state index in [4.69, 9.17) is 0 Å². The minimum Gasteiger partial charge on any atom is -0.320 e. The van der Waals surface area contributed by atoms with E-state index >= 15 is 0 Å². The van der Waals surface area contributed by atoms with Gasteiger partial charge < -0.3 is 10.6 Å². The van der Waals surface area contributed by atoms with Crippen molar-refractivity contribution < 1.29 is 0 Å². The Labute approximate surface area is 75.5 Å². The summed E-state index contributed by atoms with van der Waals surface area (Å²) < 4.78 is 0. The molecule has 0 bridgehead atoms. The van der Waals surface area contributed by atoms with Gasteiger partial charge in [0.05, 0.1) is 0 Å². The molecule has 0 radical (unpaired) electrons. The lowest BCUT2D eigenvalue weighted by molar-refractivity contribution is 0.351. The van der Waals surface area contributed by atoms with Crippen molar-refractivity contribution in [1.82, 2.24) is 10.6 Å². The second kappa shape index (κ2) is 6.89. The smallest absolute Gasteiger partial charge is 0.00463 e. The predicted octanol–water partition coefficient (Wildman–Crippen LogP) is 1.02. The summed E-state index contributed by atoms with van der Waals surface area (Å²) >= 11 is 0. The molecule has 11 heavy (non-hydrogen) atoms. The Hall–Kier alpha value is 0.210. The van der Waals surface area contributed by atoms with Gasteiger partial charge in [-0.2, -0.15) is 0 Å². The summed E-state index contributed by atoms with van der Waals surface area (Å²) in [6.45, 7) is 3.65. The summed E-state index contributed by atoms with van der Waals surface area (Å²) in [5.41, 5.74) is 0. The molecule has 0 amide bonds. The Morgan fingerprint density at radius 1 is 1.36 bits per heavy atom. The van der Waals surface area contributed by atoms with Crippen molar-refractivity contribution in [2.45, 2.75) is 19.3 Å². The summed E-state index contributed by atoms with van der Waals surface area (Å²) in [4.78, 5) is 0. The van der Waals surface area contributed by atoms with Crippen molar-refractivity contribution in [2.75, 3.05) is 26.7 Å². The lowest BCUT2D eigenvalue weighted by Gasteiger charge is -2.22. The molecule has 1 fully saturated rings. The van der Waals surface area contributed by atoms with Gasteiger partial charge in [-0.1, -0.05) is 0 Å². The van der Waals surface area contributed by atoms with Gasteiger partial charge in [-0.15, -0.1) is 12.4 Å². The maximum absolute atomic E-state index is 3.37. The van der Waals surface area contributed by atoms with Crippen molar-refractivity contribution in [1.29, 1.82) is 0 Å². The first kappa shape index (κ1) is 11.2. The van der Waals surface area contributed by atoms with Crippen LogP contribution in [0.15, 0.2) is 0 Å². The minimum absolute atomic E-state index is 0. The Morgan fingerprint density at radius 3 is 2.55 bits per heavy atom. The van der Waals surface area contributed by atoms with Gasteiger partial charge in [0.15, 0.2) is 0 Å². The molecule has 3 heteroatoms. The Morgan fingerprint density at radius 2 is 2.00 bits per heavy atom. The van der Waals surface area contributed by atoms with E-state index in [1.165, 1.54) is 38.9 Å². The summed E-state index contributed by atoms with van der Waals surface area (Å²) in [7, 11) is 2.03. The second-order valence-corrected chi connectivity index (χ2v) is 3.09. The topological polar surface area (TPSA) is 24.1 Å². The van der Waals surface area contributed by atoms with Crippen LogP contribution in [-0.4, -0.2) is 26.7 Å². The van der Waals surface area contributed by atoms with Gasteiger partial charge in [-0.3, -0.25) is 0 Å². The maximum Gasteiger partial charge on any atom is -0.00463 e. The zero-order chi connectivity index (χ0) is 7.23. The highest BCUT2D eigenvalue weighted by Crippen LogP contribution is 2.14. The summed E-state index contributed by atoms with van der Waals surface area (Å²) in [6.07, 6.45) is 4.11. The molecule has 1 aliphatic heterocycles. The molecule has 0 saturated carbocycles. The first-order valence-corrected chi connectivity index (χ1v) is 4.29. The normalized spacial score (nSPS) is 19.4. The Kier molecular flexibility index (Phi) is 7.02. The quantitative estimate of drug-likeness (QED) is 0.675. The monoisotopic (exact) mass is 178 g/mol. The first-order valence-electron chi connectivity index (χ1n) is 4.29. The molecule has 1 saturated heterocycles. The van der Waals surface area contributed by atoms with Crippen LogP contribution in [0, 0.1) is 5.92 Å². The third-order valence-electron chi connectivity index (χ3n) is 2.26. The van der Waals surface area contributed by atoms with Crippen LogP contribution >= 0.6 is 12.4 Å². The molecule has 1 heterocycles. The fourth-order valence-electron chi connectivity index (χ4n) is 1.52. The molecule has 0 unspecified atom stereocenters. The highest BCUT2D eigenvalue weighted by molar-refractivity contribution is 5.85. The maximum atomic E-state index is 3.37. The molecule has 0 aromatic carbocycles. The van der Waals surface area contributed by atoms with E-state index in [1.807, 2.05) is 7.05 Å². The Bertz CT molecular complexity index is 82.2. The molecule has 0 aliphatic carbocycles. The van der Waals surface area contributed by atoms with Crippen LogP contribution < -0.4 is 10.6 Å². The molecule has 2 N–H and O–H groups in total. The van der Waals surface area contributed by atoms with Crippen LogP contribution in [0.3, 0.4) is 0 Å². The number of nitrogens with one attached hydrogen (secondary N) is 2. The third kappa shape index (κ3) is 4.62. The van der Waals surface area contributed by atoms with Crippen LogP contribution in [0.5, 0.6) is 0 Å². The molecular weight excluding hydrogens is 160 g/mol. The molecule has 0 atom stereocenters. The van der Waals surface area contributed by atoms with Crippen LogP contribution in [0.1, 0.15) is 19.3 Å². The van der Waals surface area contributed by atoms with Crippen molar-refractivity contribution in [2.24, 2.45) is 5.92 Å².